The number of rotatable bonds is 4. The van der Waals surface area contributed by atoms with Gasteiger partial charge >= 0.3 is 12.1 Å². The fraction of sp³-hybridized carbons (Fsp3) is 0.588. The number of halogens is 4. The van der Waals surface area contributed by atoms with Crippen molar-refractivity contribution in [2.75, 3.05) is 6.54 Å². The van der Waals surface area contributed by atoms with E-state index in [2.05, 4.69) is 0 Å². The molecule has 0 fully saturated rings. The van der Waals surface area contributed by atoms with Crippen LogP contribution in [-0.4, -0.2) is 36.4 Å². The van der Waals surface area contributed by atoms with Gasteiger partial charge in [-0.2, -0.15) is 17.5 Å². The van der Waals surface area contributed by atoms with Crippen LogP contribution in [0.3, 0.4) is 0 Å². The van der Waals surface area contributed by atoms with E-state index >= 15 is 0 Å². The normalized spacial score (nSPS) is 13.7. The molecule has 0 amide bonds. The van der Waals surface area contributed by atoms with Gasteiger partial charge < -0.3 is 4.74 Å². The number of hydrogen-bond acceptors (Lipinski definition) is 4. The van der Waals surface area contributed by atoms with Gasteiger partial charge in [-0.3, -0.25) is 4.79 Å². The molecular formula is C17H23ClF3NO4S. The molecule has 0 aliphatic heterocycles. The molecule has 0 unspecified atom stereocenters. The summed E-state index contributed by atoms with van der Waals surface area (Å²) in [5.74, 6) is -0.830. The number of esters is 1. The average molecular weight is 430 g/mol. The topological polar surface area (TPSA) is 63.7 Å². The average Bonchev–Trinajstić information content (AvgIpc) is 2.40. The number of carbonyl (C=O) groups is 1. The van der Waals surface area contributed by atoms with Crippen LogP contribution in [0.25, 0.3) is 0 Å². The molecule has 154 valence electrons. The summed E-state index contributed by atoms with van der Waals surface area (Å²) in [6.07, 6.45) is -4.74. The van der Waals surface area contributed by atoms with Crippen LogP contribution in [0.4, 0.5) is 13.2 Å². The van der Waals surface area contributed by atoms with Gasteiger partial charge in [-0.1, -0.05) is 11.6 Å². The van der Waals surface area contributed by atoms with Gasteiger partial charge in [0.15, 0.2) is 0 Å². The number of alkyl halides is 3. The zero-order valence-electron chi connectivity index (χ0n) is 15.9. The summed E-state index contributed by atoms with van der Waals surface area (Å²) < 4.78 is 71.0. The van der Waals surface area contributed by atoms with Crippen molar-refractivity contribution in [2.45, 2.75) is 63.8 Å². The van der Waals surface area contributed by atoms with Crippen molar-refractivity contribution in [3.05, 3.63) is 28.8 Å². The van der Waals surface area contributed by atoms with E-state index < -0.39 is 50.3 Å². The summed E-state index contributed by atoms with van der Waals surface area (Å²) in [5, 5.41) is -0.374. The molecule has 0 saturated heterocycles. The van der Waals surface area contributed by atoms with Crippen molar-refractivity contribution in [3.8, 4) is 0 Å². The summed E-state index contributed by atoms with van der Waals surface area (Å²) >= 11 is 5.88. The molecule has 0 N–H and O–H groups in total. The summed E-state index contributed by atoms with van der Waals surface area (Å²) in [7, 11) is -4.52. The first kappa shape index (κ1) is 23.7. The first-order valence-corrected chi connectivity index (χ1v) is 9.79. The van der Waals surface area contributed by atoms with Crippen LogP contribution in [0.2, 0.25) is 5.02 Å². The zero-order valence-corrected chi connectivity index (χ0v) is 17.5. The van der Waals surface area contributed by atoms with Crippen LogP contribution in [0.5, 0.6) is 0 Å². The number of benzene rings is 1. The zero-order chi connectivity index (χ0) is 21.4. The third kappa shape index (κ3) is 6.36. The lowest BCUT2D eigenvalue weighted by Gasteiger charge is -2.34. The number of nitrogens with zero attached hydrogens (tertiary/aromatic N) is 1. The highest BCUT2D eigenvalue weighted by Gasteiger charge is 2.39. The summed E-state index contributed by atoms with van der Waals surface area (Å²) in [5.41, 5.74) is -3.12. The maximum absolute atomic E-state index is 13.0. The van der Waals surface area contributed by atoms with Crippen molar-refractivity contribution in [2.24, 2.45) is 0 Å². The molecule has 10 heteroatoms. The summed E-state index contributed by atoms with van der Waals surface area (Å²) in [4.78, 5) is 11.4. The lowest BCUT2D eigenvalue weighted by molar-refractivity contribution is -0.155. The van der Waals surface area contributed by atoms with E-state index in [-0.39, 0.29) is 5.02 Å². The molecule has 1 aromatic carbocycles. The number of hydrogen-bond donors (Lipinski definition) is 0. The fourth-order valence-electron chi connectivity index (χ4n) is 2.17. The van der Waals surface area contributed by atoms with Gasteiger partial charge in [-0.25, -0.2) is 8.42 Å². The lowest BCUT2D eigenvalue weighted by atomic mass is 10.1. The van der Waals surface area contributed by atoms with E-state index in [9.17, 15) is 26.4 Å². The monoisotopic (exact) mass is 429 g/mol. The minimum absolute atomic E-state index is 0.374. The first-order chi connectivity index (χ1) is 11.9. The van der Waals surface area contributed by atoms with Crippen LogP contribution in [0, 0.1) is 0 Å². The molecule has 0 spiro atoms. The fourth-order valence-corrected chi connectivity index (χ4v) is 4.40. The van der Waals surface area contributed by atoms with Crippen molar-refractivity contribution in [3.63, 3.8) is 0 Å². The van der Waals surface area contributed by atoms with E-state index in [1.54, 1.807) is 20.8 Å². The van der Waals surface area contributed by atoms with Crippen molar-refractivity contribution >= 4 is 27.6 Å². The Balaban J connectivity index is 3.44. The van der Waals surface area contributed by atoms with E-state index in [0.29, 0.717) is 12.1 Å². The van der Waals surface area contributed by atoms with Crippen molar-refractivity contribution < 1.29 is 31.1 Å². The molecule has 27 heavy (non-hydrogen) atoms. The number of sulfonamides is 1. The van der Waals surface area contributed by atoms with E-state index in [1.165, 1.54) is 20.8 Å². The van der Waals surface area contributed by atoms with E-state index in [0.717, 1.165) is 10.4 Å². The second-order valence-electron chi connectivity index (χ2n) is 7.91. The highest BCUT2D eigenvalue weighted by atomic mass is 35.5. The highest BCUT2D eigenvalue weighted by Crippen LogP contribution is 2.35. The minimum Gasteiger partial charge on any atom is -0.459 e. The molecule has 0 saturated carbocycles. The van der Waals surface area contributed by atoms with Gasteiger partial charge in [0.1, 0.15) is 17.0 Å². The molecule has 5 nitrogen and oxygen atoms in total. The van der Waals surface area contributed by atoms with Gasteiger partial charge in [0.2, 0.25) is 10.0 Å². The Bertz CT molecular complexity index is 809. The third-order valence-electron chi connectivity index (χ3n) is 3.27. The molecule has 0 aliphatic carbocycles. The van der Waals surface area contributed by atoms with Crippen LogP contribution < -0.4 is 0 Å². The van der Waals surface area contributed by atoms with Crippen molar-refractivity contribution in [1.82, 2.24) is 4.31 Å². The molecule has 0 radical (unpaired) electrons. The largest absolute Gasteiger partial charge is 0.459 e. The van der Waals surface area contributed by atoms with Crippen molar-refractivity contribution in [1.29, 1.82) is 0 Å². The lowest BCUT2D eigenvalue weighted by Crippen LogP contribution is -2.49. The smallest absolute Gasteiger partial charge is 0.416 e. The Labute approximate surface area is 162 Å². The van der Waals surface area contributed by atoms with Crippen LogP contribution in [0.1, 0.15) is 47.1 Å². The van der Waals surface area contributed by atoms with Gasteiger partial charge in [-0.15, -0.1) is 0 Å². The molecule has 0 aromatic heterocycles. The maximum atomic E-state index is 13.0. The molecular weight excluding hydrogens is 407 g/mol. The number of carbonyl (C=O) groups excluding carboxylic acids is 1. The Morgan fingerprint density at radius 2 is 1.63 bits per heavy atom. The Hall–Kier alpha value is -1.32. The molecule has 0 bridgehead atoms. The van der Waals surface area contributed by atoms with Gasteiger partial charge in [0.05, 0.1) is 10.6 Å². The Morgan fingerprint density at radius 3 is 2.04 bits per heavy atom. The molecule has 0 aliphatic rings. The quantitative estimate of drug-likeness (QED) is 0.661. The predicted octanol–water partition coefficient (Wildman–Crippen LogP) is 4.49. The van der Waals surface area contributed by atoms with E-state index in [1.807, 2.05) is 0 Å². The van der Waals surface area contributed by atoms with E-state index in [4.69, 9.17) is 16.3 Å². The minimum atomic E-state index is -4.74. The standard InChI is InChI=1S/C17H23ClF3NO4S/c1-15(2,3)22(10-14(23)26-16(4,5)6)27(24,25)13-9-11(17(19,20)21)7-8-12(13)18/h7-9H,10H2,1-6H3. The molecule has 1 rings (SSSR count). The molecule has 0 atom stereocenters. The highest BCUT2D eigenvalue weighted by molar-refractivity contribution is 7.89. The van der Waals surface area contributed by atoms with Gasteiger partial charge in [0, 0.05) is 5.54 Å². The Morgan fingerprint density at radius 1 is 1.11 bits per heavy atom. The van der Waals surface area contributed by atoms with Crippen LogP contribution in [-0.2, 0) is 25.7 Å². The SMILES string of the molecule is CC(C)(C)OC(=O)CN(C(C)(C)C)S(=O)(=O)c1cc(C(F)(F)F)ccc1Cl. The van der Waals surface area contributed by atoms with Crippen LogP contribution >= 0.6 is 11.6 Å². The molecule has 1 aromatic rings. The first-order valence-electron chi connectivity index (χ1n) is 7.97. The Kier molecular flexibility index (Phi) is 6.67. The summed E-state index contributed by atoms with van der Waals surface area (Å²) in [6.45, 7) is 8.71. The van der Waals surface area contributed by atoms with Crippen LogP contribution in [0.15, 0.2) is 23.1 Å². The maximum Gasteiger partial charge on any atom is 0.416 e. The third-order valence-corrected chi connectivity index (χ3v) is 5.86. The summed E-state index contributed by atoms with van der Waals surface area (Å²) in [6, 6.07) is 2.02. The second kappa shape index (κ2) is 7.60. The number of ether oxygens (including phenoxy) is 1. The van der Waals surface area contributed by atoms with Gasteiger partial charge in [0.25, 0.3) is 0 Å². The van der Waals surface area contributed by atoms with Gasteiger partial charge in [-0.05, 0) is 59.7 Å². The predicted molar refractivity (Wildman–Crippen MR) is 95.9 cm³/mol. The second-order valence-corrected chi connectivity index (χ2v) is 10.1. The molecule has 0 heterocycles.